The van der Waals surface area contributed by atoms with Crippen molar-refractivity contribution in [3.8, 4) is 0 Å². The average molecular weight is 240 g/mol. The zero-order valence-electron chi connectivity index (χ0n) is 8.76. The maximum Gasteiger partial charge on any atom is 0.306 e. The second-order valence-corrected chi connectivity index (χ2v) is 4.63. The van der Waals surface area contributed by atoms with Gasteiger partial charge in [-0.1, -0.05) is 0 Å². The first kappa shape index (κ1) is 14.3. The molecule has 8 heteroatoms. The molecule has 0 aliphatic rings. The van der Waals surface area contributed by atoms with Gasteiger partial charge < -0.3 is 9.84 Å². The Morgan fingerprint density at radius 1 is 1.53 bits per heavy atom. The summed E-state index contributed by atoms with van der Waals surface area (Å²) in [6.45, 7) is -0.289. The summed E-state index contributed by atoms with van der Waals surface area (Å²) in [4.78, 5) is 10.8. The van der Waals surface area contributed by atoms with Crippen LogP contribution in [0.15, 0.2) is 0 Å². The van der Waals surface area contributed by atoms with Gasteiger partial charge in [0.25, 0.3) is 10.2 Å². The molecule has 0 aliphatic heterocycles. The molecule has 0 amide bonds. The number of carbonyl (C=O) groups is 1. The van der Waals surface area contributed by atoms with E-state index in [-0.39, 0.29) is 26.1 Å². The first-order chi connectivity index (χ1) is 6.94. The number of rotatable bonds is 7. The van der Waals surface area contributed by atoms with Gasteiger partial charge in [0.15, 0.2) is 0 Å². The standard InChI is InChI=1S/C7H16N2O5S/c1-9(5-3-7(11)14-2)15(12,13)8-4-6-10/h8,10H,3-6H2,1-2H3. The Morgan fingerprint density at radius 3 is 2.60 bits per heavy atom. The van der Waals surface area contributed by atoms with Crippen LogP contribution in [0.5, 0.6) is 0 Å². The predicted octanol–water partition coefficient (Wildman–Crippen LogP) is -1.69. The largest absolute Gasteiger partial charge is 0.469 e. The average Bonchev–Trinajstić information content (AvgIpc) is 2.22. The Hall–Kier alpha value is -0.700. The van der Waals surface area contributed by atoms with Gasteiger partial charge in [-0.2, -0.15) is 17.4 Å². The molecular formula is C7H16N2O5S. The SMILES string of the molecule is COC(=O)CCN(C)S(=O)(=O)NCCO. The van der Waals surface area contributed by atoms with Gasteiger partial charge in [-0.25, -0.2) is 0 Å². The summed E-state index contributed by atoms with van der Waals surface area (Å²) >= 11 is 0. The monoisotopic (exact) mass is 240 g/mol. The van der Waals surface area contributed by atoms with Gasteiger partial charge in [-0.05, 0) is 0 Å². The third-order valence-electron chi connectivity index (χ3n) is 1.67. The number of nitrogens with zero attached hydrogens (tertiary/aromatic N) is 1. The van der Waals surface area contributed by atoms with Gasteiger partial charge in [0, 0.05) is 20.1 Å². The highest BCUT2D eigenvalue weighted by atomic mass is 32.2. The van der Waals surface area contributed by atoms with Crippen LogP contribution in [-0.2, 0) is 19.7 Å². The molecule has 0 radical (unpaired) electrons. The van der Waals surface area contributed by atoms with E-state index < -0.39 is 16.2 Å². The van der Waals surface area contributed by atoms with Crippen LogP contribution in [-0.4, -0.2) is 57.7 Å². The Kier molecular flexibility index (Phi) is 6.41. The molecule has 90 valence electrons. The van der Waals surface area contributed by atoms with E-state index >= 15 is 0 Å². The first-order valence-electron chi connectivity index (χ1n) is 4.32. The zero-order valence-corrected chi connectivity index (χ0v) is 9.58. The molecule has 0 spiro atoms. The Morgan fingerprint density at radius 2 is 2.13 bits per heavy atom. The number of carbonyl (C=O) groups excluding carboxylic acids is 1. The predicted molar refractivity (Wildman–Crippen MR) is 53.3 cm³/mol. The van der Waals surface area contributed by atoms with Crippen LogP contribution < -0.4 is 4.72 Å². The fourth-order valence-corrected chi connectivity index (χ4v) is 1.66. The van der Waals surface area contributed by atoms with E-state index in [0.717, 1.165) is 4.31 Å². The molecule has 15 heavy (non-hydrogen) atoms. The van der Waals surface area contributed by atoms with Gasteiger partial charge in [0.05, 0.1) is 20.1 Å². The van der Waals surface area contributed by atoms with Crippen molar-refractivity contribution in [3.05, 3.63) is 0 Å². The van der Waals surface area contributed by atoms with Crippen LogP contribution in [0.25, 0.3) is 0 Å². The molecule has 0 atom stereocenters. The summed E-state index contributed by atoms with van der Waals surface area (Å²) in [5.74, 6) is -0.473. The summed E-state index contributed by atoms with van der Waals surface area (Å²) in [5.41, 5.74) is 0. The highest BCUT2D eigenvalue weighted by Crippen LogP contribution is 1.96. The summed E-state index contributed by atoms with van der Waals surface area (Å²) < 4.78 is 30.2. The van der Waals surface area contributed by atoms with Gasteiger partial charge in [0.1, 0.15) is 0 Å². The maximum atomic E-state index is 11.3. The number of aliphatic hydroxyl groups excluding tert-OH is 1. The van der Waals surface area contributed by atoms with E-state index in [1.807, 2.05) is 0 Å². The smallest absolute Gasteiger partial charge is 0.306 e. The van der Waals surface area contributed by atoms with Crippen LogP contribution in [0, 0.1) is 0 Å². The molecule has 0 aromatic heterocycles. The Balaban J connectivity index is 4.07. The minimum atomic E-state index is -3.61. The Labute approximate surface area is 89.2 Å². The third kappa shape index (κ3) is 5.67. The lowest BCUT2D eigenvalue weighted by Crippen LogP contribution is -2.40. The normalized spacial score (nSPS) is 11.7. The van der Waals surface area contributed by atoms with Crippen molar-refractivity contribution >= 4 is 16.2 Å². The summed E-state index contributed by atoms with van der Waals surface area (Å²) in [6, 6.07) is 0. The summed E-state index contributed by atoms with van der Waals surface area (Å²) in [7, 11) is -1.04. The molecule has 0 heterocycles. The van der Waals surface area contributed by atoms with E-state index in [9.17, 15) is 13.2 Å². The van der Waals surface area contributed by atoms with E-state index in [0.29, 0.717) is 0 Å². The molecule has 0 rings (SSSR count). The molecule has 0 unspecified atom stereocenters. The molecule has 0 saturated carbocycles. The van der Waals surface area contributed by atoms with Crippen molar-refractivity contribution in [1.29, 1.82) is 0 Å². The second-order valence-electron chi connectivity index (χ2n) is 2.77. The lowest BCUT2D eigenvalue weighted by molar-refractivity contribution is -0.140. The number of hydrogen-bond donors (Lipinski definition) is 2. The number of ether oxygens (including phenoxy) is 1. The first-order valence-corrected chi connectivity index (χ1v) is 5.76. The zero-order chi connectivity index (χ0) is 11.9. The Bertz CT molecular complexity index is 290. The number of esters is 1. The fraction of sp³-hybridized carbons (Fsp3) is 0.857. The van der Waals surface area contributed by atoms with Crippen molar-refractivity contribution in [2.45, 2.75) is 6.42 Å². The second kappa shape index (κ2) is 6.72. The highest BCUT2D eigenvalue weighted by Gasteiger charge is 2.17. The van der Waals surface area contributed by atoms with Crippen LogP contribution in [0.3, 0.4) is 0 Å². The molecular weight excluding hydrogens is 224 g/mol. The number of methoxy groups -OCH3 is 1. The molecule has 0 aromatic carbocycles. The third-order valence-corrected chi connectivity index (χ3v) is 3.24. The maximum absolute atomic E-state index is 11.3. The lowest BCUT2D eigenvalue weighted by Gasteiger charge is -2.16. The van der Waals surface area contributed by atoms with Gasteiger partial charge in [-0.15, -0.1) is 0 Å². The van der Waals surface area contributed by atoms with Crippen LogP contribution in [0.2, 0.25) is 0 Å². The summed E-state index contributed by atoms with van der Waals surface area (Å²) in [6.07, 6.45) is -0.00691. The van der Waals surface area contributed by atoms with Crippen molar-refractivity contribution < 1.29 is 23.1 Å². The van der Waals surface area contributed by atoms with Crippen molar-refractivity contribution in [2.75, 3.05) is 33.9 Å². The molecule has 0 aliphatic carbocycles. The molecule has 7 nitrogen and oxygen atoms in total. The highest BCUT2D eigenvalue weighted by molar-refractivity contribution is 7.87. The van der Waals surface area contributed by atoms with Gasteiger partial charge >= 0.3 is 5.97 Å². The summed E-state index contributed by atoms with van der Waals surface area (Å²) in [5, 5.41) is 8.45. The number of hydrogen-bond acceptors (Lipinski definition) is 5. The van der Waals surface area contributed by atoms with Crippen LogP contribution in [0.1, 0.15) is 6.42 Å². The van der Waals surface area contributed by atoms with Gasteiger partial charge in [0.2, 0.25) is 0 Å². The molecule has 2 N–H and O–H groups in total. The van der Waals surface area contributed by atoms with Crippen molar-refractivity contribution in [3.63, 3.8) is 0 Å². The van der Waals surface area contributed by atoms with E-state index in [1.165, 1.54) is 14.2 Å². The minimum absolute atomic E-state index is 0.00691. The molecule has 0 saturated heterocycles. The van der Waals surface area contributed by atoms with Crippen LogP contribution in [0.4, 0.5) is 0 Å². The molecule has 0 aromatic rings. The number of aliphatic hydroxyl groups is 1. The number of nitrogens with one attached hydrogen (secondary N) is 1. The van der Waals surface area contributed by atoms with E-state index in [1.54, 1.807) is 0 Å². The fourth-order valence-electron chi connectivity index (χ4n) is 0.756. The van der Waals surface area contributed by atoms with Crippen LogP contribution >= 0.6 is 0 Å². The minimum Gasteiger partial charge on any atom is -0.469 e. The van der Waals surface area contributed by atoms with Crippen molar-refractivity contribution in [2.24, 2.45) is 0 Å². The van der Waals surface area contributed by atoms with Gasteiger partial charge in [-0.3, -0.25) is 4.79 Å². The molecule has 0 fully saturated rings. The topological polar surface area (TPSA) is 95.9 Å². The molecule has 0 bridgehead atoms. The quantitative estimate of drug-likeness (QED) is 0.518. The van der Waals surface area contributed by atoms with E-state index in [2.05, 4.69) is 9.46 Å². The lowest BCUT2D eigenvalue weighted by atomic mass is 10.4. The van der Waals surface area contributed by atoms with E-state index in [4.69, 9.17) is 5.11 Å². The van der Waals surface area contributed by atoms with Crippen molar-refractivity contribution in [1.82, 2.24) is 9.03 Å².